The van der Waals surface area contributed by atoms with Gasteiger partial charge >= 0.3 is 42.1 Å². The van der Waals surface area contributed by atoms with Gasteiger partial charge in [-0.2, -0.15) is 52.7 Å². The molecule has 6 nitrogen and oxygen atoms in total. The standard InChI is InChI=1S/C12H10O.C10H9F9O3.C4H3F3O2/c1-2-9-3-4-11-8-12(13)6-5-10(11)7-9;1-2-6(21)22-4-5(20)3-7(11,12)8(13,14)9(15,16)10(17,18)19;1-2(3(8)9)4(5,6)7/h2-8,13H,1H2;2,5,20H,1,3-4H2;1H2,(H,8,9). The van der Waals surface area contributed by atoms with Gasteiger partial charge in [0.1, 0.15) is 17.9 Å². The van der Waals surface area contributed by atoms with Crippen LogP contribution in [0.2, 0.25) is 0 Å². The van der Waals surface area contributed by atoms with Gasteiger partial charge < -0.3 is 20.1 Å². The number of carbonyl (C=O) groups excluding carboxylic acids is 1. The SMILES string of the molecule is C=C(C(=O)O)C(F)(F)F.C=CC(=O)OCC(O)CC(F)(F)C(F)(F)C(F)(F)C(F)(F)F.C=Cc1ccc2cc(O)ccc2c1. The molecule has 2 aromatic rings. The van der Waals surface area contributed by atoms with Crippen LogP contribution < -0.4 is 0 Å². The van der Waals surface area contributed by atoms with Crippen molar-refractivity contribution in [2.24, 2.45) is 0 Å². The Kier molecular flexibility index (Phi) is 13.5. The van der Waals surface area contributed by atoms with Crippen molar-refractivity contribution in [3.63, 3.8) is 0 Å². The number of hydrogen-bond acceptors (Lipinski definition) is 5. The van der Waals surface area contributed by atoms with Gasteiger partial charge in [-0.05, 0) is 34.5 Å². The molecule has 2 rings (SSSR count). The van der Waals surface area contributed by atoms with E-state index in [4.69, 9.17) is 10.2 Å². The molecular formula is C26H22F12O6. The summed E-state index contributed by atoms with van der Waals surface area (Å²) in [5.41, 5.74) is -0.652. The molecule has 0 saturated heterocycles. The fraction of sp³-hybridized carbons (Fsp3) is 0.308. The molecule has 0 spiro atoms. The fourth-order valence-corrected chi connectivity index (χ4v) is 2.63. The molecule has 44 heavy (non-hydrogen) atoms. The Hall–Kier alpha value is -4.22. The van der Waals surface area contributed by atoms with Gasteiger partial charge in [-0.1, -0.05) is 44.0 Å². The van der Waals surface area contributed by atoms with E-state index in [-0.39, 0.29) is 0 Å². The zero-order valence-electron chi connectivity index (χ0n) is 21.8. The molecule has 0 heterocycles. The zero-order valence-corrected chi connectivity index (χ0v) is 21.8. The number of esters is 1. The largest absolute Gasteiger partial charge is 0.508 e. The molecule has 3 N–H and O–H groups in total. The number of fused-ring (bicyclic) bond motifs is 1. The average Bonchev–Trinajstić information content (AvgIpc) is 2.89. The van der Waals surface area contributed by atoms with E-state index < -0.39 is 66.8 Å². The van der Waals surface area contributed by atoms with Gasteiger partial charge in [0.05, 0.1) is 6.10 Å². The minimum Gasteiger partial charge on any atom is -0.508 e. The van der Waals surface area contributed by atoms with Crippen LogP contribution in [-0.2, 0) is 14.3 Å². The van der Waals surface area contributed by atoms with Crippen LogP contribution in [-0.4, -0.2) is 70.1 Å². The van der Waals surface area contributed by atoms with Gasteiger partial charge in [-0.25, -0.2) is 9.59 Å². The lowest BCUT2D eigenvalue weighted by atomic mass is 9.98. The van der Waals surface area contributed by atoms with Gasteiger partial charge in [0.25, 0.3) is 0 Å². The molecule has 0 fully saturated rings. The summed E-state index contributed by atoms with van der Waals surface area (Å²) in [6.45, 7) is 7.54. The number of carboxylic acid groups (broad SMARTS) is 1. The Bertz CT molecular complexity index is 1330. The quantitative estimate of drug-likeness (QED) is 0.148. The van der Waals surface area contributed by atoms with Crippen LogP contribution in [0.1, 0.15) is 12.0 Å². The van der Waals surface area contributed by atoms with Gasteiger partial charge in [0.2, 0.25) is 0 Å². The van der Waals surface area contributed by atoms with E-state index in [1.54, 1.807) is 12.1 Å². The van der Waals surface area contributed by atoms with Gasteiger partial charge in [0, 0.05) is 12.5 Å². The molecule has 0 amide bonds. The van der Waals surface area contributed by atoms with E-state index in [9.17, 15) is 67.4 Å². The molecule has 1 atom stereocenters. The molecule has 0 aliphatic heterocycles. The normalized spacial score (nSPS) is 12.9. The Balaban J connectivity index is 0.000000703. The summed E-state index contributed by atoms with van der Waals surface area (Å²) < 4.78 is 150. The molecule has 0 aliphatic rings. The van der Waals surface area contributed by atoms with Gasteiger partial charge in [-0.3, -0.25) is 0 Å². The zero-order chi connectivity index (χ0) is 34.9. The number of phenols is 1. The first-order valence-corrected chi connectivity index (χ1v) is 11.3. The van der Waals surface area contributed by atoms with Crippen molar-refractivity contribution in [1.29, 1.82) is 0 Å². The van der Waals surface area contributed by atoms with E-state index in [0.717, 1.165) is 16.3 Å². The maximum absolute atomic E-state index is 13.0. The average molecular weight is 658 g/mol. The highest BCUT2D eigenvalue weighted by Gasteiger charge is 2.81. The van der Waals surface area contributed by atoms with Crippen LogP contribution in [0.25, 0.3) is 16.8 Å². The summed E-state index contributed by atoms with van der Waals surface area (Å²) in [4.78, 5) is 20.0. The van der Waals surface area contributed by atoms with Crippen LogP contribution in [0.4, 0.5) is 52.7 Å². The number of halogens is 12. The minimum absolute atomic E-state index is 0.304. The topological polar surface area (TPSA) is 104 Å². The second-order valence-corrected chi connectivity index (χ2v) is 8.32. The number of hydrogen-bond donors (Lipinski definition) is 3. The number of benzene rings is 2. The van der Waals surface area contributed by atoms with Crippen molar-refractivity contribution in [3.8, 4) is 5.75 Å². The van der Waals surface area contributed by atoms with Crippen molar-refractivity contribution in [2.75, 3.05) is 6.61 Å². The predicted molar refractivity (Wildman–Crippen MR) is 131 cm³/mol. The first-order valence-electron chi connectivity index (χ1n) is 11.3. The smallest absolute Gasteiger partial charge is 0.460 e. The molecule has 0 aromatic heterocycles. The number of rotatable bonds is 9. The highest BCUT2D eigenvalue weighted by Crippen LogP contribution is 2.54. The second kappa shape index (κ2) is 15.0. The van der Waals surface area contributed by atoms with E-state index in [2.05, 4.69) is 24.5 Å². The number of aliphatic carboxylic acids is 1. The number of phenolic OH excluding ortho intramolecular Hbond substituents is 1. The Morgan fingerprint density at radius 1 is 0.841 bits per heavy atom. The van der Waals surface area contributed by atoms with Gasteiger partial charge in [-0.15, -0.1) is 0 Å². The molecule has 0 radical (unpaired) electrons. The molecule has 2 aromatic carbocycles. The predicted octanol–water partition coefficient (Wildman–Crippen LogP) is 7.31. The number of aliphatic hydroxyl groups is 1. The summed E-state index contributed by atoms with van der Waals surface area (Å²) in [6, 6.07) is 11.3. The first-order chi connectivity index (χ1) is 19.7. The molecule has 18 heteroatoms. The summed E-state index contributed by atoms with van der Waals surface area (Å²) >= 11 is 0. The van der Waals surface area contributed by atoms with Crippen molar-refractivity contribution < 1.29 is 82.3 Å². The van der Waals surface area contributed by atoms with Crippen LogP contribution in [0.5, 0.6) is 5.75 Å². The van der Waals surface area contributed by atoms with Gasteiger partial charge in [0.15, 0.2) is 0 Å². The Morgan fingerprint density at radius 2 is 1.34 bits per heavy atom. The van der Waals surface area contributed by atoms with E-state index in [0.29, 0.717) is 11.8 Å². The molecule has 0 aliphatic carbocycles. The highest BCUT2D eigenvalue weighted by molar-refractivity contribution is 5.87. The third-order valence-electron chi connectivity index (χ3n) is 4.97. The molecule has 0 bridgehead atoms. The van der Waals surface area contributed by atoms with Crippen molar-refractivity contribution in [2.45, 2.75) is 42.6 Å². The minimum atomic E-state index is -7.03. The monoisotopic (exact) mass is 658 g/mol. The first kappa shape index (κ1) is 39.8. The summed E-state index contributed by atoms with van der Waals surface area (Å²) in [6.07, 6.45) is -14.5. The van der Waals surface area contributed by atoms with Crippen molar-refractivity contribution in [1.82, 2.24) is 0 Å². The second-order valence-electron chi connectivity index (χ2n) is 8.32. The third-order valence-corrected chi connectivity index (χ3v) is 4.97. The number of alkyl halides is 12. The lowest BCUT2D eigenvalue weighted by Crippen LogP contribution is -2.61. The van der Waals surface area contributed by atoms with Crippen molar-refractivity contribution >= 4 is 28.8 Å². The lowest BCUT2D eigenvalue weighted by molar-refractivity contribution is -0.398. The number of ether oxygens (including phenoxy) is 1. The third kappa shape index (κ3) is 10.8. The number of aromatic hydroxyl groups is 1. The summed E-state index contributed by atoms with van der Waals surface area (Å²) in [5.74, 6) is -22.8. The number of carbonyl (C=O) groups is 2. The molecule has 246 valence electrons. The summed E-state index contributed by atoms with van der Waals surface area (Å²) in [5, 5.41) is 28.0. The lowest BCUT2D eigenvalue weighted by Gasteiger charge is -2.34. The van der Waals surface area contributed by atoms with E-state index in [1.165, 1.54) is 0 Å². The van der Waals surface area contributed by atoms with Crippen molar-refractivity contribution in [3.05, 3.63) is 73.3 Å². The number of aliphatic hydroxyl groups excluding tert-OH is 1. The van der Waals surface area contributed by atoms with Crippen LogP contribution in [0.3, 0.4) is 0 Å². The van der Waals surface area contributed by atoms with Crippen LogP contribution >= 0.6 is 0 Å². The van der Waals surface area contributed by atoms with Crippen LogP contribution in [0, 0.1) is 0 Å². The highest BCUT2D eigenvalue weighted by atomic mass is 19.4. The van der Waals surface area contributed by atoms with E-state index >= 15 is 0 Å². The molecule has 1 unspecified atom stereocenters. The maximum Gasteiger partial charge on any atom is 0.460 e. The fourth-order valence-electron chi connectivity index (χ4n) is 2.63. The number of carboxylic acids is 1. The summed E-state index contributed by atoms with van der Waals surface area (Å²) in [7, 11) is 0. The molecular weight excluding hydrogens is 636 g/mol. The maximum atomic E-state index is 13.0. The molecule has 0 saturated carbocycles. The van der Waals surface area contributed by atoms with E-state index in [1.807, 2.05) is 30.3 Å². The Morgan fingerprint density at radius 3 is 1.75 bits per heavy atom. The van der Waals surface area contributed by atoms with Crippen LogP contribution in [0.15, 0.2) is 67.8 Å². The Labute approximate surface area is 240 Å².